The van der Waals surface area contributed by atoms with Crippen LogP contribution in [0.4, 0.5) is 5.69 Å². The summed E-state index contributed by atoms with van der Waals surface area (Å²) in [5, 5.41) is 12.7. The van der Waals surface area contributed by atoms with Crippen molar-refractivity contribution in [3.05, 3.63) is 47.5 Å². The van der Waals surface area contributed by atoms with Crippen LogP contribution in [0.3, 0.4) is 0 Å². The van der Waals surface area contributed by atoms with Gasteiger partial charge in [-0.15, -0.1) is 0 Å². The van der Waals surface area contributed by atoms with Gasteiger partial charge in [0.05, 0.1) is 17.6 Å². The third kappa shape index (κ3) is 3.99. The van der Waals surface area contributed by atoms with Crippen molar-refractivity contribution in [3.8, 4) is 0 Å². The average molecular weight is 294 g/mol. The molecule has 0 spiro atoms. The first kappa shape index (κ1) is 14.4. The molecule has 2 rings (SSSR count). The van der Waals surface area contributed by atoms with E-state index in [2.05, 4.69) is 10.3 Å². The molecule has 0 saturated carbocycles. The van der Waals surface area contributed by atoms with Crippen LogP contribution in [-0.2, 0) is 6.54 Å². The van der Waals surface area contributed by atoms with Crippen LogP contribution in [0, 0.1) is 0 Å². The maximum atomic E-state index is 11.1. The Hall–Kier alpha value is -2.01. The largest absolute Gasteiger partial charge is 0.478 e. The molecule has 0 radical (unpaired) electrons. The Morgan fingerprint density at radius 2 is 2.25 bits per heavy atom. The van der Waals surface area contributed by atoms with Crippen LogP contribution in [-0.4, -0.2) is 27.2 Å². The lowest BCUT2D eigenvalue weighted by Gasteiger charge is -2.10. The van der Waals surface area contributed by atoms with Crippen LogP contribution in [0.1, 0.15) is 23.2 Å². The number of imidazole rings is 1. The van der Waals surface area contributed by atoms with E-state index in [1.807, 2.05) is 10.8 Å². The predicted octanol–water partition coefficient (Wildman–Crippen LogP) is 3.13. The van der Waals surface area contributed by atoms with E-state index in [0.29, 0.717) is 17.3 Å². The van der Waals surface area contributed by atoms with Crippen LogP contribution >= 0.6 is 11.6 Å². The summed E-state index contributed by atoms with van der Waals surface area (Å²) < 4.78 is 2.02. The van der Waals surface area contributed by atoms with Crippen LogP contribution in [0.15, 0.2) is 36.9 Å². The monoisotopic (exact) mass is 293 g/mol. The van der Waals surface area contributed by atoms with E-state index in [1.54, 1.807) is 24.7 Å². The van der Waals surface area contributed by atoms with Gasteiger partial charge < -0.3 is 15.0 Å². The molecule has 0 aliphatic carbocycles. The lowest BCUT2D eigenvalue weighted by Crippen LogP contribution is -2.08. The van der Waals surface area contributed by atoms with Gasteiger partial charge >= 0.3 is 5.97 Å². The molecule has 2 aromatic rings. The minimum Gasteiger partial charge on any atom is -0.478 e. The van der Waals surface area contributed by atoms with Gasteiger partial charge in [-0.3, -0.25) is 0 Å². The number of nitrogens with zero attached hydrogens (tertiary/aromatic N) is 2. The normalized spacial score (nSPS) is 10.4. The molecule has 0 bridgehead atoms. The highest BCUT2D eigenvalue weighted by Gasteiger charge is 2.09. The zero-order valence-electron chi connectivity index (χ0n) is 10.9. The van der Waals surface area contributed by atoms with E-state index < -0.39 is 5.97 Å². The quantitative estimate of drug-likeness (QED) is 0.770. The van der Waals surface area contributed by atoms with Crippen molar-refractivity contribution in [1.29, 1.82) is 0 Å². The standard InChI is InChI=1S/C14H16ClN3O2/c15-11-3-4-12(14(19)20)13(9-11)17-5-1-2-7-18-8-6-16-10-18/h3-4,6,8-10,17H,1-2,5,7H2,(H,19,20). The average Bonchev–Trinajstić information content (AvgIpc) is 2.91. The Labute approximate surface area is 122 Å². The van der Waals surface area contributed by atoms with Gasteiger partial charge in [-0.1, -0.05) is 11.6 Å². The first-order chi connectivity index (χ1) is 9.66. The second kappa shape index (κ2) is 6.96. The van der Waals surface area contributed by atoms with E-state index in [1.165, 1.54) is 6.07 Å². The Morgan fingerprint density at radius 3 is 2.95 bits per heavy atom. The minimum atomic E-state index is -0.956. The maximum Gasteiger partial charge on any atom is 0.337 e. The maximum absolute atomic E-state index is 11.1. The molecular weight excluding hydrogens is 278 g/mol. The third-order valence-corrected chi connectivity index (χ3v) is 3.16. The molecule has 0 unspecified atom stereocenters. The highest BCUT2D eigenvalue weighted by molar-refractivity contribution is 6.31. The summed E-state index contributed by atoms with van der Waals surface area (Å²) in [6, 6.07) is 4.73. The fourth-order valence-corrected chi connectivity index (χ4v) is 2.08. The number of benzene rings is 1. The summed E-state index contributed by atoms with van der Waals surface area (Å²) in [6.45, 7) is 1.61. The van der Waals surface area contributed by atoms with Crippen molar-refractivity contribution >= 4 is 23.3 Å². The Kier molecular flexibility index (Phi) is 5.01. The molecule has 1 heterocycles. The van der Waals surface area contributed by atoms with Crippen LogP contribution < -0.4 is 5.32 Å². The second-order valence-electron chi connectivity index (χ2n) is 4.43. The van der Waals surface area contributed by atoms with E-state index >= 15 is 0 Å². The smallest absolute Gasteiger partial charge is 0.337 e. The van der Waals surface area contributed by atoms with Crippen LogP contribution in [0.25, 0.3) is 0 Å². The Morgan fingerprint density at radius 1 is 1.40 bits per heavy atom. The second-order valence-corrected chi connectivity index (χ2v) is 4.87. The molecule has 0 saturated heterocycles. The van der Waals surface area contributed by atoms with Crippen molar-refractivity contribution in [2.75, 3.05) is 11.9 Å². The molecule has 5 nitrogen and oxygen atoms in total. The van der Waals surface area contributed by atoms with E-state index in [0.717, 1.165) is 19.4 Å². The molecule has 20 heavy (non-hydrogen) atoms. The molecule has 0 aliphatic heterocycles. The van der Waals surface area contributed by atoms with Gasteiger partial charge in [0.15, 0.2) is 0 Å². The Balaban J connectivity index is 1.81. The van der Waals surface area contributed by atoms with Gasteiger partial charge in [-0.2, -0.15) is 0 Å². The zero-order chi connectivity index (χ0) is 14.4. The fourth-order valence-electron chi connectivity index (χ4n) is 1.91. The number of nitrogens with one attached hydrogen (secondary N) is 1. The summed E-state index contributed by atoms with van der Waals surface area (Å²) in [5.41, 5.74) is 0.802. The van der Waals surface area contributed by atoms with Gasteiger partial charge in [0, 0.05) is 30.5 Å². The van der Waals surface area contributed by atoms with E-state index in [4.69, 9.17) is 16.7 Å². The van der Waals surface area contributed by atoms with Crippen molar-refractivity contribution in [3.63, 3.8) is 0 Å². The lowest BCUT2D eigenvalue weighted by atomic mass is 10.1. The molecule has 1 aromatic heterocycles. The number of halogens is 1. The van der Waals surface area contributed by atoms with E-state index in [-0.39, 0.29) is 5.56 Å². The lowest BCUT2D eigenvalue weighted by molar-refractivity contribution is 0.0698. The SMILES string of the molecule is O=C(O)c1ccc(Cl)cc1NCCCCn1ccnc1. The molecule has 0 atom stereocenters. The molecule has 2 N–H and O–H groups in total. The number of aromatic carboxylic acids is 1. The predicted molar refractivity (Wildman–Crippen MR) is 78.4 cm³/mol. The highest BCUT2D eigenvalue weighted by Crippen LogP contribution is 2.21. The van der Waals surface area contributed by atoms with Gasteiger partial charge in [-0.05, 0) is 31.0 Å². The van der Waals surface area contributed by atoms with Crippen molar-refractivity contribution in [2.45, 2.75) is 19.4 Å². The highest BCUT2D eigenvalue weighted by atomic mass is 35.5. The fraction of sp³-hybridized carbons (Fsp3) is 0.286. The molecule has 6 heteroatoms. The first-order valence-corrected chi connectivity index (χ1v) is 6.77. The summed E-state index contributed by atoms with van der Waals surface area (Å²) in [4.78, 5) is 15.1. The number of aryl methyl sites for hydroxylation is 1. The number of anilines is 1. The van der Waals surface area contributed by atoms with Crippen molar-refractivity contribution in [1.82, 2.24) is 9.55 Å². The molecule has 0 aliphatic rings. The summed E-state index contributed by atoms with van der Waals surface area (Å²) >= 11 is 5.89. The molecule has 1 aromatic carbocycles. The Bertz CT molecular complexity index is 570. The summed E-state index contributed by atoms with van der Waals surface area (Å²) in [5.74, 6) is -0.956. The number of aromatic nitrogens is 2. The topological polar surface area (TPSA) is 67.2 Å². The number of hydrogen-bond acceptors (Lipinski definition) is 3. The first-order valence-electron chi connectivity index (χ1n) is 6.39. The number of carboxylic acid groups (broad SMARTS) is 1. The van der Waals surface area contributed by atoms with Gasteiger partial charge in [0.2, 0.25) is 0 Å². The molecule has 0 amide bonds. The number of unbranched alkanes of at least 4 members (excludes halogenated alkanes) is 1. The molecular formula is C14H16ClN3O2. The molecule has 0 fully saturated rings. The van der Waals surface area contributed by atoms with Crippen molar-refractivity contribution < 1.29 is 9.90 Å². The summed E-state index contributed by atoms with van der Waals surface area (Å²) in [7, 11) is 0. The number of hydrogen-bond donors (Lipinski definition) is 2. The number of carbonyl (C=O) groups is 1. The minimum absolute atomic E-state index is 0.240. The van der Waals surface area contributed by atoms with Crippen LogP contribution in [0.5, 0.6) is 0 Å². The van der Waals surface area contributed by atoms with Gasteiger partial charge in [0.25, 0.3) is 0 Å². The molecule has 106 valence electrons. The van der Waals surface area contributed by atoms with Gasteiger partial charge in [0.1, 0.15) is 0 Å². The summed E-state index contributed by atoms with van der Waals surface area (Å²) in [6.07, 6.45) is 7.39. The van der Waals surface area contributed by atoms with Crippen molar-refractivity contribution in [2.24, 2.45) is 0 Å². The van der Waals surface area contributed by atoms with Crippen LogP contribution in [0.2, 0.25) is 5.02 Å². The third-order valence-electron chi connectivity index (χ3n) is 2.93. The van der Waals surface area contributed by atoms with E-state index in [9.17, 15) is 4.79 Å². The number of rotatable bonds is 7. The zero-order valence-corrected chi connectivity index (χ0v) is 11.7. The number of carboxylic acids is 1. The van der Waals surface area contributed by atoms with Gasteiger partial charge in [-0.25, -0.2) is 9.78 Å².